The average Bonchev–Trinajstić information content (AvgIpc) is 3.39. The normalized spacial score (nSPS) is 26.4. The van der Waals surface area contributed by atoms with Crippen molar-refractivity contribution in [2.45, 2.75) is 31.1 Å². The van der Waals surface area contributed by atoms with Crippen molar-refractivity contribution in [2.24, 2.45) is 0 Å². The lowest BCUT2D eigenvalue weighted by Gasteiger charge is -2.22. The van der Waals surface area contributed by atoms with Crippen LogP contribution in [0.5, 0.6) is 0 Å². The van der Waals surface area contributed by atoms with Gasteiger partial charge in [0.15, 0.2) is 17.7 Å². The monoisotopic (exact) mass is 401 g/mol. The minimum absolute atomic E-state index is 0.191. The van der Waals surface area contributed by atoms with Crippen molar-refractivity contribution in [2.75, 3.05) is 12.3 Å². The second-order valence-corrected chi connectivity index (χ2v) is 6.91. The van der Waals surface area contributed by atoms with E-state index in [2.05, 4.69) is 15.0 Å². The highest BCUT2D eigenvalue weighted by atomic mass is 19.1. The summed E-state index contributed by atoms with van der Waals surface area (Å²) in [6.07, 6.45) is -1.07. The van der Waals surface area contributed by atoms with Gasteiger partial charge in [-0.3, -0.25) is 4.57 Å². The number of aliphatic hydroxyl groups excluding tert-OH is 2. The smallest absolute Gasteiger partial charge is 0.403 e. The van der Waals surface area contributed by atoms with Gasteiger partial charge < -0.3 is 30.0 Å². The molecule has 1 aromatic carbocycles. The molecule has 1 unspecified atom stereocenters. The van der Waals surface area contributed by atoms with E-state index >= 15 is 0 Å². The van der Waals surface area contributed by atoms with Crippen molar-refractivity contribution < 1.29 is 28.6 Å². The summed E-state index contributed by atoms with van der Waals surface area (Å²) < 4.78 is 32.3. The van der Waals surface area contributed by atoms with E-state index in [4.69, 9.17) is 19.8 Å². The Morgan fingerprint density at radius 1 is 1.34 bits per heavy atom. The quantitative estimate of drug-likeness (QED) is 0.476. The molecular formula is C17H17BFN5O5. The van der Waals surface area contributed by atoms with E-state index in [1.54, 1.807) is 6.07 Å². The Kier molecular flexibility index (Phi) is 4.44. The number of halogens is 1. The molecule has 0 aliphatic carbocycles. The first kappa shape index (κ1) is 18.4. The van der Waals surface area contributed by atoms with Crippen molar-refractivity contribution >= 4 is 29.6 Å². The Morgan fingerprint density at radius 3 is 3.03 bits per heavy atom. The van der Waals surface area contributed by atoms with Crippen LogP contribution in [-0.2, 0) is 20.7 Å². The van der Waals surface area contributed by atoms with Gasteiger partial charge in [0.2, 0.25) is 0 Å². The lowest BCUT2D eigenvalue weighted by atomic mass is 9.78. The highest BCUT2D eigenvalue weighted by Gasteiger charge is 2.48. The summed E-state index contributed by atoms with van der Waals surface area (Å²) in [6.45, 7) is -0.192. The number of ether oxygens (including phenoxy) is 1. The van der Waals surface area contributed by atoms with Crippen LogP contribution in [-0.4, -0.2) is 61.8 Å². The largest absolute Gasteiger partial charge is 0.494 e. The predicted molar refractivity (Wildman–Crippen MR) is 98.2 cm³/mol. The molecule has 4 N–H and O–H groups in total. The molecule has 150 valence electrons. The van der Waals surface area contributed by atoms with Crippen LogP contribution in [0.25, 0.3) is 11.2 Å². The molecule has 2 aliphatic rings. The SMILES string of the molecule is Nc1ncnc2c1ncn2[C@@H]1O[C@H](CO)C(OB2OCc3cc(F)ccc32)[C@@H]1O. The van der Waals surface area contributed by atoms with Crippen LogP contribution in [0.15, 0.2) is 30.9 Å². The maximum Gasteiger partial charge on any atom is 0.494 e. The van der Waals surface area contributed by atoms with Gasteiger partial charge >= 0.3 is 7.12 Å². The molecule has 12 heteroatoms. The van der Waals surface area contributed by atoms with Gasteiger partial charge in [0.25, 0.3) is 0 Å². The summed E-state index contributed by atoms with van der Waals surface area (Å²) in [5.41, 5.74) is 7.92. The Labute approximate surface area is 164 Å². The number of benzene rings is 1. The number of imidazole rings is 1. The van der Waals surface area contributed by atoms with E-state index in [1.807, 2.05) is 0 Å². The van der Waals surface area contributed by atoms with Gasteiger partial charge in [-0.2, -0.15) is 0 Å². The number of aromatic nitrogens is 4. The Bertz CT molecular complexity index is 1070. The molecule has 1 fully saturated rings. The number of nitrogens with zero attached hydrogens (tertiary/aromatic N) is 4. The van der Waals surface area contributed by atoms with Crippen LogP contribution < -0.4 is 11.2 Å². The number of nitrogen functional groups attached to an aromatic ring is 1. The van der Waals surface area contributed by atoms with Crippen molar-refractivity contribution in [3.8, 4) is 0 Å². The van der Waals surface area contributed by atoms with Crippen molar-refractivity contribution in [3.63, 3.8) is 0 Å². The van der Waals surface area contributed by atoms with Gasteiger partial charge in [0.05, 0.1) is 19.5 Å². The summed E-state index contributed by atoms with van der Waals surface area (Å²) in [5.74, 6) is -0.158. The second-order valence-electron chi connectivity index (χ2n) is 6.91. The summed E-state index contributed by atoms with van der Waals surface area (Å²) in [4.78, 5) is 12.2. The van der Waals surface area contributed by atoms with E-state index in [9.17, 15) is 14.6 Å². The zero-order valence-electron chi connectivity index (χ0n) is 15.1. The van der Waals surface area contributed by atoms with E-state index < -0.39 is 31.7 Å². The van der Waals surface area contributed by atoms with Crippen molar-refractivity contribution in [1.29, 1.82) is 0 Å². The van der Waals surface area contributed by atoms with Crippen LogP contribution >= 0.6 is 0 Å². The number of hydrogen-bond donors (Lipinski definition) is 3. The highest BCUT2D eigenvalue weighted by Crippen LogP contribution is 2.34. The average molecular weight is 401 g/mol. The number of aliphatic hydroxyl groups is 2. The topological polar surface area (TPSA) is 138 Å². The first-order chi connectivity index (χ1) is 14.1. The van der Waals surface area contributed by atoms with Crippen LogP contribution in [0, 0.1) is 5.82 Å². The molecule has 4 heterocycles. The molecule has 0 bridgehead atoms. The van der Waals surface area contributed by atoms with E-state index in [0.717, 1.165) is 0 Å². The molecule has 2 aromatic heterocycles. The van der Waals surface area contributed by atoms with Crippen molar-refractivity contribution in [3.05, 3.63) is 42.2 Å². The van der Waals surface area contributed by atoms with Gasteiger partial charge in [-0.25, -0.2) is 19.3 Å². The number of nitrogens with two attached hydrogens (primary N) is 1. The maximum absolute atomic E-state index is 13.4. The zero-order chi connectivity index (χ0) is 20.1. The van der Waals surface area contributed by atoms with E-state index in [1.165, 1.54) is 29.4 Å². The van der Waals surface area contributed by atoms with Crippen LogP contribution in [0.3, 0.4) is 0 Å². The molecule has 10 nitrogen and oxygen atoms in total. The van der Waals surface area contributed by atoms with E-state index in [0.29, 0.717) is 22.2 Å². The minimum Gasteiger partial charge on any atom is -0.403 e. The minimum atomic E-state index is -1.16. The molecule has 1 saturated heterocycles. The standard InChI is InChI=1S/C17H17BFN5O5/c19-9-1-2-10-8(3-9)5-27-18(10)29-14-11(4-25)28-17(13(14)26)24-7-23-12-15(20)21-6-22-16(12)24/h1-3,6-7,11,13-14,17,25-26H,4-5H2,(H2,20,21,22)/t11-,13+,14?,17-/m1/s1. The van der Waals surface area contributed by atoms with Gasteiger partial charge in [-0.05, 0) is 23.2 Å². The van der Waals surface area contributed by atoms with Crippen molar-refractivity contribution in [1.82, 2.24) is 19.5 Å². The number of hydrogen-bond acceptors (Lipinski definition) is 9. The first-order valence-corrected chi connectivity index (χ1v) is 8.99. The third-order valence-electron chi connectivity index (χ3n) is 5.18. The van der Waals surface area contributed by atoms with Gasteiger partial charge in [-0.1, -0.05) is 6.07 Å². The third-order valence-corrected chi connectivity index (χ3v) is 5.18. The zero-order valence-corrected chi connectivity index (χ0v) is 15.1. The molecule has 0 saturated carbocycles. The lowest BCUT2D eigenvalue weighted by molar-refractivity contribution is -0.0508. The van der Waals surface area contributed by atoms with Crippen LogP contribution in [0.4, 0.5) is 10.2 Å². The van der Waals surface area contributed by atoms with Gasteiger partial charge in [0, 0.05) is 0 Å². The predicted octanol–water partition coefficient (Wildman–Crippen LogP) is -0.891. The molecule has 0 radical (unpaired) electrons. The lowest BCUT2D eigenvalue weighted by Crippen LogP contribution is -2.44. The molecule has 3 aromatic rings. The summed E-state index contributed by atoms with van der Waals surface area (Å²) >= 11 is 0. The molecule has 0 amide bonds. The number of fused-ring (bicyclic) bond motifs is 2. The Balaban J connectivity index is 1.42. The molecular weight excluding hydrogens is 384 g/mol. The fraction of sp³-hybridized carbons (Fsp3) is 0.353. The first-order valence-electron chi connectivity index (χ1n) is 8.99. The van der Waals surface area contributed by atoms with Gasteiger partial charge in [-0.15, -0.1) is 0 Å². The van der Waals surface area contributed by atoms with Crippen LogP contribution in [0.1, 0.15) is 11.8 Å². The summed E-state index contributed by atoms with van der Waals surface area (Å²) in [5, 5.41) is 20.7. The Morgan fingerprint density at radius 2 is 2.21 bits per heavy atom. The van der Waals surface area contributed by atoms with Crippen LogP contribution in [0.2, 0.25) is 0 Å². The molecule has 2 aliphatic heterocycles. The third kappa shape index (κ3) is 2.96. The Hall–Kier alpha value is -2.64. The van der Waals surface area contributed by atoms with E-state index in [-0.39, 0.29) is 24.8 Å². The summed E-state index contributed by atoms with van der Waals surface area (Å²) in [6, 6.07) is 4.28. The molecule has 0 spiro atoms. The fourth-order valence-corrected chi connectivity index (χ4v) is 3.76. The fourth-order valence-electron chi connectivity index (χ4n) is 3.76. The van der Waals surface area contributed by atoms with Gasteiger partial charge in [0.1, 0.15) is 36.0 Å². The summed E-state index contributed by atoms with van der Waals surface area (Å²) in [7, 11) is -0.806. The highest BCUT2D eigenvalue weighted by molar-refractivity contribution is 6.62. The second kappa shape index (κ2) is 7.00. The molecule has 5 rings (SSSR count). The number of anilines is 1. The molecule has 29 heavy (non-hydrogen) atoms. The maximum atomic E-state index is 13.4. The number of rotatable bonds is 4. The molecule has 4 atom stereocenters.